The van der Waals surface area contributed by atoms with Crippen LogP contribution in [-0.2, 0) is 4.43 Å². The summed E-state index contributed by atoms with van der Waals surface area (Å²) in [6.45, 7) is 9.77. The molecule has 0 aromatic heterocycles. The van der Waals surface area contributed by atoms with Crippen molar-refractivity contribution in [2.24, 2.45) is 0 Å². The zero-order chi connectivity index (χ0) is 12.6. The fraction of sp³-hybridized carbons (Fsp3) is 0.833. The third-order valence-electron chi connectivity index (χ3n) is 2.66. The molecule has 0 saturated carbocycles. The van der Waals surface area contributed by atoms with E-state index in [9.17, 15) is 9.50 Å². The van der Waals surface area contributed by atoms with Gasteiger partial charge in [0.15, 0.2) is 0 Å². The van der Waals surface area contributed by atoms with Crippen LogP contribution in [0.1, 0.15) is 32.6 Å². The zero-order valence-electron chi connectivity index (χ0n) is 10.7. The molecule has 0 rings (SSSR count). The summed E-state index contributed by atoms with van der Waals surface area (Å²) in [4.78, 5) is 0. The van der Waals surface area contributed by atoms with Crippen LogP contribution in [0.15, 0.2) is 12.7 Å². The van der Waals surface area contributed by atoms with Gasteiger partial charge in [-0.2, -0.15) is 0 Å². The Morgan fingerprint density at radius 3 is 2.56 bits per heavy atom. The normalized spacial score (nSPS) is 15.8. The van der Waals surface area contributed by atoms with E-state index in [0.29, 0.717) is 25.9 Å². The van der Waals surface area contributed by atoms with Gasteiger partial charge in [-0.15, -0.1) is 6.58 Å². The van der Waals surface area contributed by atoms with E-state index in [0.717, 1.165) is 6.42 Å². The fourth-order valence-corrected chi connectivity index (χ4v) is 3.27. The van der Waals surface area contributed by atoms with Gasteiger partial charge in [0.2, 0.25) is 8.32 Å². The quantitative estimate of drug-likeness (QED) is 0.501. The molecular weight excluding hydrogens is 223 g/mol. The Hall–Kier alpha value is -0.193. The molecule has 0 aliphatic heterocycles. The van der Waals surface area contributed by atoms with Crippen LogP contribution in [0.3, 0.4) is 0 Å². The molecule has 0 heterocycles. The second kappa shape index (κ2) is 7.98. The largest absolute Gasteiger partial charge is 0.414 e. The second-order valence-electron chi connectivity index (χ2n) is 4.67. The molecule has 0 fully saturated rings. The number of halogens is 1. The van der Waals surface area contributed by atoms with Gasteiger partial charge in [0.05, 0.1) is 6.10 Å². The van der Waals surface area contributed by atoms with Crippen molar-refractivity contribution >= 4 is 8.32 Å². The number of hydrogen-bond acceptors (Lipinski definition) is 2. The van der Waals surface area contributed by atoms with Crippen LogP contribution in [0, 0.1) is 0 Å². The van der Waals surface area contributed by atoms with Gasteiger partial charge in [-0.05, 0) is 32.4 Å². The predicted octanol–water partition coefficient (Wildman–Crippen LogP) is 3.21. The maximum Gasteiger partial charge on any atom is 0.221 e. The van der Waals surface area contributed by atoms with Crippen molar-refractivity contribution in [3.63, 3.8) is 0 Å². The zero-order valence-corrected chi connectivity index (χ0v) is 11.7. The highest BCUT2D eigenvalue weighted by molar-refractivity contribution is 6.72. The molecule has 0 spiro atoms. The lowest BCUT2D eigenvalue weighted by atomic mass is 10.2. The molecule has 96 valence electrons. The number of rotatable bonds is 9. The summed E-state index contributed by atoms with van der Waals surface area (Å²) >= 11 is 0. The molecule has 0 aliphatic carbocycles. The van der Waals surface area contributed by atoms with Gasteiger partial charge in [0.1, 0.15) is 5.79 Å². The summed E-state index contributed by atoms with van der Waals surface area (Å²) in [6.07, 6.45) is 3.82. The van der Waals surface area contributed by atoms with Crippen molar-refractivity contribution in [3.05, 3.63) is 12.7 Å². The van der Waals surface area contributed by atoms with Gasteiger partial charge >= 0.3 is 0 Å². The summed E-state index contributed by atoms with van der Waals surface area (Å²) in [5, 5.41) is 9.46. The maximum atomic E-state index is 13.7. The van der Waals surface area contributed by atoms with Crippen molar-refractivity contribution < 1.29 is 13.9 Å². The van der Waals surface area contributed by atoms with Gasteiger partial charge in [-0.3, -0.25) is 0 Å². The van der Waals surface area contributed by atoms with Crippen LogP contribution in [0.25, 0.3) is 0 Å². The predicted molar refractivity (Wildman–Crippen MR) is 68.7 cm³/mol. The van der Waals surface area contributed by atoms with E-state index in [2.05, 4.69) is 6.58 Å². The Balaban J connectivity index is 3.84. The second-order valence-corrected chi connectivity index (χ2v) is 8.80. The van der Waals surface area contributed by atoms with Crippen LogP contribution in [0.4, 0.5) is 4.39 Å². The van der Waals surface area contributed by atoms with Crippen molar-refractivity contribution in [1.82, 2.24) is 0 Å². The minimum atomic E-state index is -2.22. The molecule has 0 radical (unpaired) electrons. The van der Waals surface area contributed by atoms with E-state index in [1.54, 1.807) is 6.08 Å². The number of hydrogen-bond donors (Lipinski definition) is 1. The minimum Gasteiger partial charge on any atom is -0.414 e. The summed E-state index contributed by atoms with van der Waals surface area (Å²) in [6, 6.07) is 0. The van der Waals surface area contributed by atoms with Gasteiger partial charge < -0.3 is 9.53 Å². The van der Waals surface area contributed by atoms with E-state index in [1.165, 1.54) is 0 Å². The summed E-state index contributed by atoms with van der Waals surface area (Å²) in [7, 11) is -2.22. The topological polar surface area (TPSA) is 29.5 Å². The Labute approximate surface area is 99.6 Å². The monoisotopic (exact) mass is 248 g/mol. The SMILES string of the molecule is C=CCC(O)CCO[Si](C)(C)C(F)CCC. The van der Waals surface area contributed by atoms with Crippen molar-refractivity contribution in [2.45, 2.75) is 57.6 Å². The Bertz CT molecular complexity index is 197. The first kappa shape index (κ1) is 15.8. The highest BCUT2D eigenvalue weighted by Gasteiger charge is 2.33. The van der Waals surface area contributed by atoms with E-state index in [-0.39, 0.29) is 0 Å². The van der Waals surface area contributed by atoms with Gasteiger partial charge in [-0.1, -0.05) is 19.4 Å². The molecule has 4 heteroatoms. The highest BCUT2D eigenvalue weighted by Crippen LogP contribution is 2.18. The van der Waals surface area contributed by atoms with E-state index >= 15 is 0 Å². The lowest BCUT2D eigenvalue weighted by Crippen LogP contribution is -2.42. The molecule has 0 amide bonds. The smallest absolute Gasteiger partial charge is 0.221 e. The Morgan fingerprint density at radius 2 is 2.06 bits per heavy atom. The number of aliphatic hydroxyl groups excluding tert-OH is 1. The van der Waals surface area contributed by atoms with E-state index in [4.69, 9.17) is 4.43 Å². The molecule has 16 heavy (non-hydrogen) atoms. The standard InChI is InChI=1S/C12H25FO2Si/c1-5-7-11(14)9-10-15-16(3,4)12(13)8-6-2/h5,11-12,14H,1,6-10H2,2-4H3. The van der Waals surface area contributed by atoms with E-state index < -0.39 is 20.2 Å². The fourth-order valence-electron chi connectivity index (χ4n) is 1.46. The van der Waals surface area contributed by atoms with Crippen LogP contribution < -0.4 is 0 Å². The first-order valence-electron chi connectivity index (χ1n) is 6.01. The molecule has 2 nitrogen and oxygen atoms in total. The van der Waals surface area contributed by atoms with Crippen LogP contribution in [0.2, 0.25) is 13.1 Å². The highest BCUT2D eigenvalue weighted by atomic mass is 28.4. The average molecular weight is 248 g/mol. The average Bonchev–Trinajstić information content (AvgIpc) is 2.18. The van der Waals surface area contributed by atoms with Crippen LogP contribution in [-0.4, -0.2) is 31.9 Å². The molecule has 0 bridgehead atoms. The molecule has 2 unspecified atom stereocenters. The van der Waals surface area contributed by atoms with Crippen molar-refractivity contribution in [1.29, 1.82) is 0 Å². The minimum absolute atomic E-state index is 0.411. The molecule has 0 aromatic carbocycles. The van der Waals surface area contributed by atoms with Crippen molar-refractivity contribution in [3.8, 4) is 0 Å². The molecule has 0 aromatic rings. The Morgan fingerprint density at radius 1 is 1.44 bits per heavy atom. The first-order chi connectivity index (χ1) is 7.44. The van der Waals surface area contributed by atoms with Crippen LogP contribution >= 0.6 is 0 Å². The van der Waals surface area contributed by atoms with Crippen molar-refractivity contribution in [2.75, 3.05) is 6.61 Å². The lowest BCUT2D eigenvalue weighted by molar-refractivity contribution is 0.136. The van der Waals surface area contributed by atoms with Gasteiger partial charge in [-0.25, -0.2) is 4.39 Å². The Kier molecular flexibility index (Phi) is 7.88. The summed E-state index contributed by atoms with van der Waals surface area (Å²) in [5.41, 5.74) is 0. The van der Waals surface area contributed by atoms with E-state index in [1.807, 2.05) is 20.0 Å². The number of alkyl halides is 1. The van der Waals surface area contributed by atoms with Crippen LogP contribution in [0.5, 0.6) is 0 Å². The first-order valence-corrected chi connectivity index (χ1v) is 8.99. The molecule has 0 aliphatic rings. The molecule has 1 N–H and O–H groups in total. The summed E-state index contributed by atoms with van der Waals surface area (Å²) < 4.78 is 19.3. The molecular formula is C12H25FO2Si. The molecule has 0 saturated heterocycles. The lowest BCUT2D eigenvalue weighted by Gasteiger charge is -2.26. The van der Waals surface area contributed by atoms with Gasteiger partial charge in [0, 0.05) is 6.61 Å². The third kappa shape index (κ3) is 6.40. The van der Waals surface area contributed by atoms with Gasteiger partial charge in [0.25, 0.3) is 0 Å². The maximum absolute atomic E-state index is 13.7. The third-order valence-corrected chi connectivity index (χ3v) is 5.41. The number of aliphatic hydroxyl groups is 1. The summed E-state index contributed by atoms with van der Waals surface area (Å²) in [5.74, 6) is -0.811. The molecule has 2 atom stereocenters.